The number of hydrogen-bond donors (Lipinski definition) is 4. The second-order valence-electron chi connectivity index (χ2n) is 6.21. The van der Waals surface area contributed by atoms with Crippen LogP contribution in [0.4, 0.5) is 0 Å². The molecule has 0 aromatic carbocycles. The molecule has 1 rings (SSSR count). The van der Waals surface area contributed by atoms with Crippen LogP contribution in [0.2, 0.25) is 0 Å². The van der Waals surface area contributed by atoms with Crippen molar-refractivity contribution in [2.24, 2.45) is 17.4 Å². The highest BCUT2D eigenvalue weighted by Crippen LogP contribution is 2.40. The zero-order chi connectivity index (χ0) is 17.5. The van der Waals surface area contributed by atoms with Gasteiger partial charge in [0.15, 0.2) is 0 Å². The van der Waals surface area contributed by atoms with Gasteiger partial charge in [-0.1, -0.05) is 19.8 Å². The first-order valence-electron chi connectivity index (χ1n) is 9.52. The minimum atomic E-state index is -0.901. The normalized spacial score (nSPS) is 15.6. The molecule has 0 atom stereocenters. The molecule has 24 heavy (non-hydrogen) atoms. The van der Waals surface area contributed by atoms with Gasteiger partial charge in [-0.05, 0) is 19.3 Å². The van der Waals surface area contributed by atoms with E-state index in [9.17, 15) is 0 Å². The smallest absolute Gasteiger partial charge is 0.285 e. The summed E-state index contributed by atoms with van der Waals surface area (Å²) in [4.78, 5) is 0. The Morgan fingerprint density at radius 1 is 0.875 bits per heavy atom. The summed E-state index contributed by atoms with van der Waals surface area (Å²) in [5.41, 5.74) is 11.0. The van der Waals surface area contributed by atoms with E-state index in [1.54, 1.807) is 0 Å². The van der Waals surface area contributed by atoms with Crippen LogP contribution in [0.25, 0.3) is 0 Å². The Morgan fingerprint density at radius 2 is 1.42 bits per heavy atom. The van der Waals surface area contributed by atoms with Gasteiger partial charge >= 0.3 is 0 Å². The number of hydrogen-bond acceptors (Lipinski definition) is 7. The lowest BCUT2D eigenvalue weighted by Gasteiger charge is -2.43. The van der Waals surface area contributed by atoms with Gasteiger partial charge in [0.1, 0.15) is 0 Å². The molecule has 1 aliphatic rings. The monoisotopic (exact) mass is 346 g/mol. The van der Waals surface area contributed by atoms with Crippen LogP contribution in [0.5, 0.6) is 0 Å². The fourth-order valence-corrected chi connectivity index (χ4v) is 2.58. The van der Waals surface area contributed by atoms with Crippen LogP contribution in [0, 0.1) is 5.92 Å². The average Bonchev–Trinajstić information content (AvgIpc) is 2.53. The van der Waals surface area contributed by atoms with Gasteiger partial charge in [0.05, 0.1) is 19.8 Å². The highest BCUT2D eigenvalue weighted by molar-refractivity contribution is 4.80. The van der Waals surface area contributed by atoms with Gasteiger partial charge in [-0.15, -0.1) is 0 Å². The molecule has 1 saturated carbocycles. The summed E-state index contributed by atoms with van der Waals surface area (Å²) in [5, 5.41) is 6.49. The van der Waals surface area contributed by atoms with Gasteiger partial charge in [0, 0.05) is 45.2 Å². The van der Waals surface area contributed by atoms with Crippen LogP contribution in [0.1, 0.15) is 39.0 Å². The molecule has 0 aliphatic heterocycles. The Labute approximate surface area is 147 Å². The maximum absolute atomic E-state index is 6.14. The van der Waals surface area contributed by atoms with Crippen LogP contribution in [0.15, 0.2) is 0 Å². The summed E-state index contributed by atoms with van der Waals surface area (Å²) in [6, 6.07) is 0. The molecule has 1 aliphatic carbocycles. The van der Waals surface area contributed by atoms with E-state index in [-0.39, 0.29) is 0 Å². The first-order chi connectivity index (χ1) is 11.8. The Balaban J connectivity index is 2.50. The summed E-state index contributed by atoms with van der Waals surface area (Å²) in [5.74, 6) is -0.583. The van der Waals surface area contributed by atoms with Crippen molar-refractivity contribution in [1.29, 1.82) is 0 Å². The molecule has 0 radical (unpaired) electrons. The summed E-state index contributed by atoms with van der Waals surface area (Å²) in [7, 11) is 0. The Kier molecular flexibility index (Phi) is 12.6. The van der Waals surface area contributed by atoms with Gasteiger partial charge in [0.25, 0.3) is 5.97 Å². The second kappa shape index (κ2) is 13.9. The second-order valence-corrected chi connectivity index (χ2v) is 6.21. The molecule has 0 aromatic rings. The van der Waals surface area contributed by atoms with Crippen LogP contribution >= 0.6 is 0 Å². The fourth-order valence-electron chi connectivity index (χ4n) is 2.58. The van der Waals surface area contributed by atoms with E-state index in [1.807, 2.05) is 0 Å². The molecule has 0 bridgehead atoms. The first-order valence-corrected chi connectivity index (χ1v) is 9.52. The molecule has 7 nitrogen and oxygen atoms in total. The van der Waals surface area contributed by atoms with Crippen molar-refractivity contribution in [1.82, 2.24) is 10.6 Å². The third kappa shape index (κ3) is 8.20. The van der Waals surface area contributed by atoms with E-state index in [0.717, 1.165) is 51.9 Å². The summed E-state index contributed by atoms with van der Waals surface area (Å²) in [6.07, 6.45) is 5.51. The summed E-state index contributed by atoms with van der Waals surface area (Å²) < 4.78 is 18.4. The molecule has 0 spiro atoms. The van der Waals surface area contributed by atoms with E-state index in [4.69, 9.17) is 25.7 Å². The Hall–Kier alpha value is -0.280. The van der Waals surface area contributed by atoms with E-state index < -0.39 is 5.97 Å². The van der Waals surface area contributed by atoms with E-state index >= 15 is 0 Å². The molecule has 0 saturated heterocycles. The highest BCUT2D eigenvalue weighted by Gasteiger charge is 2.45. The predicted octanol–water partition coefficient (Wildman–Crippen LogP) is 0.387. The Bertz CT molecular complexity index is 277. The van der Waals surface area contributed by atoms with Crippen LogP contribution < -0.4 is 22.1 Å². The molecule has 1 fully saturated rings. The SMILES string of the molecule is CCCCOC(OCCNCCN)(OCCNCCN)C1CCC1. The first kappa shape index (κ1) is 21.8. The minimum absolute atomic E-state index is 0.318. The third-order valence-electron chi connectivity index (χ3n) is 4.21. The maximum atomic E-state index is 6.14. The maximum Gasteiger partial charge on any atom is 0.285 e. The number of nitrogens with two attached hydrogens (primary N) is 2. The van der Waals surface area contributed by atoms with Crippen molar-refractivity contribution in [3.8, 4) is 0 Å². The van der Waals surface area contributed by atoms with Crippen LogP contribution in [-0.4, -0.2) is 65.1 Å². The topological polar surface area (TPSA) is 104 Å². The molecule has 6 N–H and O–H groups in total. The van der Waals surface area contributed by atoms with Crippen LogP contribution in [0.3, 0.4) is 0 Å². The lowest BCUT2D eigenvalue weighted by molar-refractivity contribution is -0.412. The number of rotatable bonds is 17. The van der Waals surface area contributed by atoms with E-state index in [0.29, 0.717) is 38.8 Å². The number of nitrogens with one attached hydrogen (secondary N) is 2. The molecule has 0 aromatic heterocycles. The molecule has 0 unspecified atom stereocenters. The molecule has 0 heterocycles. The minimum Gasteiger partial charge on any atom is -0.329 e. The molecular weight excluding hydrogens is 308 g/mol. The lowest BCUT2D eigenvalue weighted by atomic mass is 9.83. The zero-order valence-electron chi connectivity index (χ0n) is 15.4. The van der Waals surface area contributed by atoms with Gasteiger partial charge in [-0.25, -0.2) is 0 Å². The van der Waals surface area contributed by atoms with E-state index in [1.165, 1.54) is 6.42 Å². The van der Waals surface area contributed by atoms with Crippen molar-refractivity contribution < 1.29 is 14.2 Å². The standard InChI is InChI=1S/C17H38N4O3/c1-2-3-13-22-17(16-5-4-6-16,23-14-11-20-9-7-18)24-15-12-21-10-8-19/h16,20-21H,2-15,18-19H2,1H3. The number of unbranched alkanes of at least 4 members (excludes halogenated alkanes) is 1. The van der Waals surface area contributed by atoms with Crippen molar-refractivity contribution in [2.45, 2.75) is 45.0 Å². The number of ether oxygens (including phenoxy) is 3. The van der Waals surface area contributed by atoms with Crippen molar-refractivity contribution in [3.63, 3.8) is 0 Å². The van der Waals surface area contributed by atoms with E-state index in [2.05, 4.69) is 17.6 Å². The fraction of sp³-hybridized carbons (Fsp3) is 1.00. The summed E-state index contributed by atoms with van der Waals surface area (Å²) >= 11 is 0. The van der Waals surface area contributed by atoms with Gasteiger partial charge in [-0.2, -0.15) is 0 Å². The van der Waals surface area contributed by atoms with Crippen molar-refractivity contribution >= 4 is 0 Å². The van der Waals surface area contributed by atoms with Crippen LogP contribution in [-0.2, 0) is 14.2 Å². The van der Waals surface area contributed by atoms with Crippen molar-refractivity contribution in [2.75, 3.05) is 59.1 Å². The van der Waals surface area contributed by atoms with Crippen molar-refractivity contribution in [3.05, 3.63) is 0 Å². The van der Waals surface area contributed by atoms with Gasteiger partial charge < -0.3 is 36.3 Å². The molecule has 7 heteroatoms. The summed E-state index contributed by atoms with van der Waals surface area (Å²) in [6.45, 7) is 8.27. The quantitative estimate of drug-likeness (QED) is 0.223. The Morgan fingerprint density at radius 3 is 1.83 bits per heavy atom. The van der Waals surface area contributed by atoms with Gasteiger partial charge in [0.2, 0.25) is 0 Å². The largest absolute Gasteiger partial charge is 0.329 e. The zero-order valence-corrected chi connectivity index (χ0v) is 15.4. The average molecular weight is 347 g/mol. The molecular formula is C17H38N4O3. The predicted molar refractivity (Wildman–Crippen MR) is 96.7 cm³/mol. The molecule has 144 valence electrons. The molecule has 0 amide bonds. The third-order valence-corrected chi connectivity index (χ3v) is 4.21. The lowest BCUT2D eigenvalue weighted by Crippen LogP contribution is -2.51. The van der Waals surface area contributed by atoms with Gasteiger partial charge in [-0.3, -0.25) is 0 Å². The highest BCUT2D eigenvalue weighted by atomic mass is 16.9.